The van der Waals surface area contributed by atoms with Gasteiger partial charge < -0.3 is 10.0 Å². The van der Waals surface area contributed by atoms with Gasteiger partial charge >= 0.3 is 5.97 Å². The van der Waals surface area contributed by atoms with Crippen molar-refractivity contribution >= 4 is 32.5 Å². The van der Waals surface area contributed by atoms with Gasteiger partial charge in [-0.25, -0.2) is 13.4 Å². The SMILES string of the molecule is O=C(O)CS(=O)(=O)N1CCN(c2nccs2)CC1. The molecular weight excluding hydrogens is 278 g/mol. The van der Waals surface area contributed by atoms with Crippen molar-refractivity contribution in [1.82, 2.24) is 9.29 Å². The molecular formula is C9H13N3O4S2. The summed E-state index contributed by atoms with van der Waals surface area (Å²) in [5, 5.41) is 11.3. The topological polar surface area (TPSA) is 90.8 Å². The summed E-state index contributed by atoms with van der Waals surface area (Å²) >= 11 is 1.50. The third-order valence-corrected chi connectivity index (χ3v) is 5.22. The zero-order chi connectivity index (χ0) is 13.2. The molecule has 9 heteroatoms. The van der Waals surface area contributed by atoms with Gasteiger partial charge in [0.15, 0.2) is 10.9 Å². The van der Waals surface area contributed by atoms with Gasteiger partial charge in [-0.3, -0.25) is 4.79 Å². The highest BCUT2D eigenvalue weighted by atomic mass is 32.2. The van der Waals surface area contributed by atoms with Crippen molar-refractivity contribution in [3.63, 3.8) is 0 Å². The van der Waals surface area contributed by atoms with E-state index in [1.165, 1.54) is 15.6 Å². The molecule has 7 nitrogen and oxygen atoms in total. The van der Waals surface area contributed by atoms with E-state index in [1.807, 2.05) is 10.3 Å². The molecule has 1 aromatic rings. The lowest BCUT2D eigenvalue weighted by Gasteiger charge is -2.33. The van der Waals surface area contributed by atoms with Crippen LogP contribution in [0.1, 0.15) is 0 Å². The maximum Gasteiger partial charge on any atom is 0.320 e. The molecule has 100 valence electrons. The van der Waals surface area contributed by atoms with Crippen LogP contribution in [0.15, 0.2) is 11.6 Å². The Morgan fingerprint density at radius 1 is 1.39 bits per heavy atom. The van der Waals surface area contributed by atoms with Crippen LogP contribution in [0.2, 0.25) is 0 Å². The van der Waals surface area contributed by atoms with Crippen LogP contribution >= 0.6 is 11.3 Å². The molecule has 1 saturated heterocycles. The van der Waals surface area contributed by atoms with Crippen LogP contribution in [0.5, 0.6) is 0 Å². The van der Waals surface area contributed by atoms with Crippen molar-refractivity contribution in [2.45, 2.75) is 0 Å². The molecule has 2 rings (SSSR count). The number of aliphatic carboxylic acids is 1. The van der Waals surface area contributed by atoms with Crippen molar-refractivity contribution in [2.75, 3.05) is 36.8 Å². The number of thiazole rings is 1. The molecule has 0 atom stereocenters. The molecule has 18 heavy (non-hydrogen) atoms. The van der Waals surface area contributed by atoms with Crippen LogP contribution in [0.3, 0.4) is 0 Å². The lowest BCUT2D eigenvalue weighted by Crippen LogP contribution is -2.49. The smallest absolute Gasteiger partial charge is 0.320 e. The standard InChI is InChI=1S/C9H13N3O4S2/c13-8(14)7-18(15,16)12-4-2-11(3-5-12)9-10-1-6-17-9/h1,6H,2-5,7H2,(H,13,14). The summed E-state index contributed by atoms with van der Waals surface area (Å²) in [4.78, 5) is 16.6. The Morgan fingerprint density at radius 3 is 2.56 bits per heavy atom. The summed E-state index contributed by atoms with van der Waals surface area (Å²) in [5.41, 5.74) is 0. The Bertz CT molecular complexity index is 506. The maximum absolute atomic E-state index is 11.7. The number of hydrogen-bond donors (Lipinski definition) is 1. The van der Waals surface area contributed by atoms with Gasteiger partial charge in [0.2, 0.25) is 10.0 Å². The zero-order valence-electron chi connectivity index (χ0n) is 9.52. The number of carbonyl (C=O) groups is 1. The second kappa shape index (κ2) is 5.21. The molecule has 1 aliphatic rings. The predicted molar refractivity (Wildman–Crippen MR) is 67.3 cm³/mol. The zero-order valence-corrected chi connectivity index (χ0v) is 11.2. The number of nitrogens with zero attached hydrogens (tertiary/aromatic N) is 3. The van der Waals surface area contributed by atoms with Crippen LogP contribution in [-0.4, -0.2) is 60.7 Å². The Hall–Kier alpha value is -1.19. The number of piperazine rings is 1. The van der Waals surface area contributed by atoms with Gasteiger partial charge in [-0.05, 0) is 0 Å². The van der Waals surface area contributed by atoms with Gasteiger partial charge in [-0.15, -0.1) is 11.3 Å². The molecule has 1 aliphatic heterocycles. The van der Waals surface area contributed by atoms with E-state index >= 15 is 0 Å². The van der Waals surface area contributed by atoms with Crippen molar-refractivity contribution in [3.05, 3.63) is 11.6 Å². The highest BCUT2D eigenvalue weighted by Gasteiger charge is 2.29. The minimum atomic E-state index is -3.68. The summed E-state index contributed by atoms with van der Waals surface area (Å²) in [6.45, 7) is 1.67. The minimum absolute atomic E-state index is 0.301. The first-order chi connectivity index (χ1) is 8.49. The fourth-order valence-electron chi connectivity index (χ4n) is 1.78. The second-order valence-corrected chi connectivity index (χ2v) is 6.69. The van der Waals surface area contributed by atoms with E-state index < -0.39 is 21.7 Å². The van der Waals surface area contributed by atoms with E-state index in [2.05, 4.69) is 4.98 Å². The Balaban J connectivity index is 1.96. The summed E-state index contributed by atoms with van der Waals surface area (Å²) < 4.78 is 24.6. The first-order valence-electron chi connectivity index (χ1n) is 5.33. The van der Waals surface area contributed by atoms with Crippen molar-refractivity contribution in [3.8, 4) is 0 Å². The molecule has 0 bridgehead atoms. The number of aromatic nitrogens is 1. The predicted octanol–water partition coefficient (Wildman–Crippen LogP) is -0.320. The van der Waals surface area contributed by atoms with E-state index in [4.69, 9.17) is 5.11 Å². The Morgan fingerprint density at radius 2 is 2.06 bits per heavy atom. The summed E-state index contributed by atoms with van der Waals surface area (Å²) in [6, 6.07) is 0. The molecule has 0 spiro atoms. The number of rotatable bonds is 4. The molecule has 2 heterocycles. The summed E-state index contributed by atoms with van der Waals surface area (Å²) in [7, 11) is -3.68. The lowest BCUT2D eigenvalue weighted by atomic mass is 10.4. The number of carboxylic acid groups (broad SMARTS) is 1. The first kappa shape index (κ1) is 13.2. The van der Waals surface area contributed by atoms with Gasteiger partial charge in [0, 0.05) is 37.8 Å². The van der Waals surface area contributed by atoms with Crippen molar-refractivity contribution in [2.24, 2.45) is 0 Å². The third kappa shape index (κ3) is 2.98. The van der Waals surface area contributed by atoms with E-state index in [0.29, 0.717) is 26.2 Å². The molecule has 1 fully saturated rings. The number of anilines is 1. The normalized spacial score (nSPS) is 17.9. The van der Waals surface area contributed by atoms with Gasteiger partial charge in [0.25, 0.3) is 0 Å². The second-order valence-electron chi connectivity index (χ2n) is 3.85. The summed E-state index contributed by atoms with van der Waals surface area (Å²) in [6.07, 6.45) is 1.70. The van der Waals surface area contributed by atoms with Crippen LogP contribution in [0.4, 0.5) is 5.13 Å². The average Bonchev–Trinajstić information content (AvgIpc) is 2.81. The Kier molecular flexibility index (Phi) is 3.83. The number of carboxylic acids is 1. The van der Waals surface area contributed by atoms with Crippen LogP contribution < -0.4 is 4.90 Å². The molecule has 0 aromatic carbocycles. The molecule has 1 aromatic heterocycles. The van der Waals surface area contributed by atoms with E-state index in [0.717, 1.165) is 5.13 Å². The van der Waals surface area contributed by atoms with Crippen molar-refractivity contribution < 1.29 is 18.3 Å². The maximum atomic E-state index is 11.7. The van der Waals surface area contributed by atoms with Gasteiger partial charge in [-0.2, -0.15) is 4.31 Å². The van der Waals surface area contributed by atoms with Gasteiger partial charge in [-0.1, -0.05) is 0 Å². The van der Waals surface area contributed by atoms with E-state index in [9.17, 15) is 13.2 Å². The van der Waals surface area contributed by atoms with Crippen LogP contribution in [-0.2, 0) is 14.8 Å². The molecule has 0 amide bonds. The quantitative estimate of drug-likeness (QED) is 0.817. The summed E-state index contributed by atoms with van der Waals surface area (Å²) in [5.74, 6) is -2.16. The molecule has 0 unspecified atom stereocenters. The van der Waals surface area contributed by atoms with Crippen LogP contribution in [0.25, 0.3) is 0 Å². The van der Waals surface area contributed by atoms with Crippen molar-refractivity contribution in [1.29, 1.82) is 0 Å². The fraction of sp³-hybridized carbons (Fsp3) is 0.556. The monoisotopic (exact) mass is 291 g/mol. The highest BCUT2D eigenvalue weighted by molar-refractivity contribution is 7.89. The van der Waals surface area contributed by atoms with Gasteiger partial charge in [0.05, 0.1) is 0 Å². The molecule has 0 aliphatic carbocycles. The van der Waals surface area contributed by atoms with E-state index in [-0.39, 0.29) is 0 Å². The molecule has 1 N–H and O–H groups in total. The van der Waals surface area contributed by atoms with E-state index in [1.54, 1.807) is 6.20 Å². The minimum Gasteiger partial charge on any atom is -0.480 e. The Labute approximate surface area is 109 Å². The highest BCUT2D eigenvalue weighted by Crippen LogP contribution is 2.19. The molecule has 0 saturated carbocycles. The fourth-order valence-corrected chi connectivity index (χ4v) is 3.69. The number of hydrogen-bond acceptors (Lipinski definition) is 6. The van der Waals surface area contributed by atoms with Gasteiger partial charge in [0.1, 0.15) is 0 Å². The first-order valence-corrected chi connectivity index (χ1v) is 7.82. The third-order valence-electron chi connectivity index (χ3n) is 2.63. The number of sulfonamides is 1. The average molecular weight is 291 g/mol. The molecule has 0 radical (unpaired) electrons. The largest absolute Gasteiger partial charge is 0.480 e. The lowest BCUT2D eigenvalue weighted by molar-refractivity contribution is -0.134. The van der Waals surface area contributed by atoms with Crippen LogP contribution in [0, 0.1) is 0 Å².